The molecule has 0 radical (unpaired) electrons. The van der Waals surface area contributed by atoms with Gasteiger partial charge in [-0.3, -0.25) is 4.79 Å². The van der Waals surface area contributed by atoms with Crippen LogP contribution in [0.1, 0.15) is 22.6 Å². The lowest BCUT2D eigenvalue weighted by Crippen LogP contribution is -2.28. The summed E-state index contributed by atoms with van der Waals surface area (Å²) in [7, 11) is 1.75. The Morgan fingerprint density at radius 2 is 1.88 bits per heavy atom. The van der Waals surface area contributed by atoms with E-state index in [1.54, 1.807) is 11.9 Å². The van der Waals surface area contributed by atoms with Crippen molar-refractivity contribution in [2.24, 2.45) is 0 Å². The standard InChI is InChI=1S/C20H21N3O2/c1-14-9-10-17(15(2)11-14)12-19(24)23(3)13-18-21-20(22-25-18)16-7-5-4-6-8-16/h4-11H,12-13H2,1-3H3. The fourth-order valence-corrected chi connectivity index (χ4v) is 2.66. The maximum absolute atomic E-state index is 12.5. The lowest BCUT2D eigenvalue weighted by molar-refractivity contribution is -0.130. The minimum absolute atomic E-state index is 0.0198. The van der Waals surface area contributed by atoms with Crippen LogP contribution >= 0.6 is 0 Å². The average molecular weight is 335 g/mol. The van der Waals surface area contributed by atoms with E-state index in [2.05, 4.69) is 16.2 Å². The number of hydrogen-bond acceptors (Lipinski definition) is 4. The fourth-order valence-electron chi connectivity index (χ4n) is 2.66. The van der Waals surface area contributed by atoms with Crippen LogP contribution in [0.25, 0.3) is 11.4 Å². The zero-order valence-electron chi connectivity index (χ0n) is 14.7. The molecule has 0 fully saturated rings. The molecule has 3 aromatic rings. The normalized spacial score (nSPS) is 10.7. The van der Waals surface area contributed by atoms with Crippen LogP contribution in [-0.2, 0) is 17.8 Å². The van der Waals surface area contributed by atoms with Crippen LogP contribution in [0.5, 0.6) is 0 Å². The van der Waals surface area contributed by atoms with Gasteiger partial charge in [-0.15, -0.1) is 0 Å². The van der Waals surface area contributed by atoms with Crippen molar-refractivity contribution in [2.75, 3.05) is 7.05 Å². The number of likely N-dealkylation sites (N-methyl/N-ethyl adjacent to an activating group) is 1. The van der Waals surface area contributed by atoms with Crippen molar-refractivity contribution >= 4 is 5.91 Å². The van der Waals surface area contributed by atoms with E-state index in [0.29, 0.717) is 24.7 Å². The van der Waals surface area contributed by atoms with Gasteiger partial charge in [0.2, 0.25) is 17.6 Å². The Morgan fingerprint density at radius 3 is 2.60 bits per heavy atom. The molecule has 3 rings (SSSR count). The van der Waals surface area contributed by atoms with Gasteiger partial charge in [0.1, 0.15) is 0 Å². The highest BCUT2D eigenvalue weighted by Gasteiger charge is 2.15. The molecule has 0 aliphatic rings. The highest BCUT2D eigenvalue weighted by atomic mass is 16.5. The molecule has 128 valence electrons. The molecule has 0 aliphatic carbocycles. The van der Waals surface area contributed by atoms with Gasteiger partial charge in [0.25, 0.3) is 0 Å². The van der Waals surface area contributed by atoms with Gasteiger partial charge in [0.15, 0.2) is 0 Å². The van der Waals surface area contributed by atoms with Crippen LogP contribution in [0.15, 0.2) is 53.1 Å². The smallest absolute Gasteiger partial charge is 0.246 e. The number of nitrogens with zero attached hydrogens (tertiary/aromatic N) is 3. The molecular weight excluding hydrogens is 314 g/mol. The van der Waals surface area contributed by atoms with Gasteiger partial charge in [-0.2, -0.15) is 4.98 Å². The van der Waals surface area contributed by atoms with Gasteiger partial charge in [-0.1, -0.05) is 59.3 Å². The molecule has 0 atom stereocenters. The predicted octanol–water partition coefficient (Wildman–Crippen LogP) is 3.55. The van der Waals surface area contributed by atoms with Gasteiger partial charge >= 0.3 is 0 Å². The van der Waals surface area contributed by atoms with Gasteiger partial charge < -0.3 is 9.42 Å². The SMILES string of the molecule is Cc1ccc(CC(=O)N(C)Cc2nc(-c3ccccc3)no2)c(C)c1. The molecule has 0 spiro atoms. The first-order valence-electron chi connectivity index (χ1n) is 8.21. The van der Waals surface area contributed by atoms with Crippen molar-refractivity contribution in [3.05, 3.63) is 71.1 Å². The number of benzene rings is 2. The van der Waals surface area contributed by atoms with Crippen molar-refractivity contribution in [2.45, 2.75) is 26.8 Å². The molecule has 1 heterocycles. The molecular formula is C20H21N3O2. The van der Waals surface area contributed by atoms with E-state index >= 15 is 0 Å². The first-order valence-corrected chi connectivity index (χ1v) is 8.21. The molecule has 0 saturated heterocycles. The second-order valence-electron chi connectivity index (χ2n) is 6.23. The minimum atomic E-state index is 0.0198. The van der Waals surface area contributed by atoms with Crippen molar-refractivity contribution in [3.8, 4) is 11.4 Å². The minimum Gasteiger partial charge on any atom is -0.337 e. The molecule has 0 N–H and O–H groups in total. The summed E-state index contributed by atoms with van der Waals surface area (Å²) >= 11 is 0. The van der Waals surface area contributed by atoms with E-state index in [1.807, 2.05) is 56.3 Å². The Hall–Kier alpha value is -2.95. The van der Waals surface area contributed by atoms with E-state index in [0.717, 1.165) is 16.7 Å². The van der Waals surface area contributed by atoms with Crippen molar-refractivity contribution in [1.29, 1.82) is 0 Å². The van der Waals surface area contributed by atoms with E-state index in [1.165, 1.54) is 5.56 Å². The first-order chi connectivity index (χ1) is 12.0. The lowest BCUT2D eigenvalue weighted by Gasteiger charge is -2.15. The van der Waals surface area contributed by atoms with Crippen LogP contribution in [-0.4, -0.2) is 28.0 Å². The van der Waals surface area contributed by atoms with Crippen molar-refractivity contribution in [3.63, 3.8) is 0 Å². The summed E-state index contributed by atoms with van der Waals surface area (Å²) in [6.45, 7) is 4.37. The average Bonchev–Trinajstić information content (AvgIpc) is 3.06. The quantitative estimate of drug-likeness (QED) is 0.715. The molecule has 25 heavy (non-hydrogen) atoms. The molecule has 0 bridgehead atoms. The Kier molecular flexibility index (Phi) is 4.93. The molecule has 0 aliphatic heterocycles. The zero-order chi connectivity index (χ0) is 17.8. The molecule has 2 aromatic carbocycles. The van der Waals surface area contributed by atoms with Gasteiger partial charge in [-0.25, -0.2) is 0 Å². The number of aryl methyl sites for hydroxylation is 2. The summed E-state index contributed by atoms with van der Waals surface area (Å²) in [5.41, 5.74) is 4.26. The number of rotatable bonds is 5. The van der Waals surface area contributed by atoms with E-state index in [4.69, 9.17) is 4.52 Å². The Balaban J connectivity index is 1.65. The highest BCUT2D eigenvalue weighted by molar-refractivity contribution is 5.78. The zero-order valence-corrected chi connectivity index (χ0v) is 14.7. The number of carbonyl (C=O) groups is 1. The monoisotopic (exact) mass is 335 g/mol. The highest BCUT2D eigenvalue weighted by Crippen LogP contribution is 2.16. The third-order valence-corrected chi connectivity index (χ3v) is 4.14. The molecule has 0 unspecified atom stereocenters. The summed E-state index contributed by atoms with van der Waals surface area (Å²) in [6.07, 6.45) is 0.363. The molecule has 5 heteroatoms. The van der Waals surface area contributed by atoms with Crippen LogP contribution in [0.3, 0.4) is 0 Å². The Morgan fingerprint density at radius 1 is 1.12 bits per heavy atom. The number of amides is 1. The van der Waals surface area contributed by atoms with Crippen LogP contribution < -0.4 is 0 Å². The van der Waals surface area contributed by atoms with E-state index in [-0.39, 0.29) is 5.91 Å². The largest absolute Gasteiger partial charge is 0.337 e. The second-order valence-corrected chi connectivity index (χ2v) is 6.23. The Bertz CT molecular complexity index is 872. The summed E-state index contributed by atoms with van der Waals surface area (Å²) in [4.78, 5) is 18.4. The van der Waals surface area contributed by atoms with Crippen LogP contribution in [0, 0.1) is 13.8 Å². The van der Waals surface area contributed by atoms with Gasteiger partial charge in [-0.05, 0) is 25.0 Å². The predicted molar refractivity (Wildman–Crippen MR) is 95.8 cm³/mol. The molecule has 5 nitrogen and oxygen atoms in total. The number of aromatic nitrogens is 2. The number of hydrogen-bond donors (Lipinski definition) is 0. The lowest BCUT2D eigenvalue weighted by atomic mass is 10.0. The topological polar surface area (TPSA) is 59.2 Å². The summed E-state index contributed by atoms with van der Waals surface area (Å²) in [6, 6.07) is 15.7. The molecule has 1 aromatic heterocycles. The van der Waals surface area contributed by atoms with Crippen molar-refractivity contribution < 1.29 is 9.32 Å². The van der Waals surface area contributed by atoms with E-state index < -0.39 is 0 Å². The van der Waals surface area contributed by atoms with Gasteiger partial charge in [0, 0.05) is 12.6 Å². The molecule has 0 saturated carbocycles. The Labute approximate surface area is 147 Å². The van der Waals surface area contributed by atoms with Crippen LogP contribution in [0.2, 0.25) is 0 Å². The maximum atomic E-state index is 12.5. The van der Waals surface area contributed by atoms with Gasteiger partial charge in [0.05, 0.1) is 13.0 Å². The summed E-state index contributed by atoms with van der Waals surface area (Å²) in [5.74, 6) is 0.979. The number of carbonyl (C=O) groups excluding carboxylic acids is 1. The third kappa shape index (κ3) is 4.12. The second kappa shape index (κ2) is 7.30. The third-order valence-electron chi connectivity index (χ3n) is 4.14. The first kappa shape index (κ1) is 16.9. The summed E-state index contributed by atoms with van der Waals surface area (Å²) in [5, 5.41) is 3.98. The summed E-state index contributed by atoms with van der Waals surface area (Å²) < 4.78 is 5.27. The van der Waals surface area contributed by atoms with E-state index in [9.17, 15) is 4.79 Å². The van der Waals surface area contributed by atoms with Crippen LogP contribution in [0.4, 0.5) is 0 Å². The molecule has 1 amide bonds. The fraction of sp³-hybridized carbons (Fsp3) is 0.250. The maximum Gasteiger partial charge on any atom is 0.246 e. The van der Waals surface area contributed by atoms with Crippen molar-refractivity contribution in [1.82, 2.24) is 15.0 Å².